The van der Waals surface area contributed by atoms with Crippen molar-refractivity contribution in [1.82, 2.24) is 5.32 Å². The minimum absolute atomic E-state index is 0.0783. The van der Waals surface area contributed by atoms with Crippen molar-refractivity contribution < 1.29 is 18.3 Å². The van der Waals surface area contributed by atoms with Crippen molar-refractivity contribution in [3.63, 3.8) is 0 Å². The van der Waals surface area contributed by atoms with E-state index < -0.39 is 23.1 Å². The second kappa shape index (κ2) is 7.02. The Morgan fingerprint density at radius 3 is 2.23 bits per heavy atom. The van der Waals surface area contributed by atoms with E-state index in [0.717, 1.165) is 23.4 Å². The molecule has 0 saturated heterocycles. The van der Waals surface area contributed by atoms with Gasteiger partial charge in [0.1, 0.15) is 22.9 Å². The summed E-state index contributed by atoms with van der Waals surface area (Å²) in [6, 6.07) is 10.5. The molecule has 5 heteroatoms. The summed E-state index contributed by atoms with van der Waals surface area (Å²) in [6.45, 7) is 4.03. The van der Waals surface area contributed by atoms with Crippen molar-refractivity contribution in [2.24, 2.45) is 0 Å². The molecule has 0 unspecified atom stereocenters. The van der Waals surface area contributed by atoms with Crippen LogP contribution in [0.5, 0.6) is 5.75 Å². The number of amides is 1. The fraction of sp³-hybridized carbons (Fsp3) is 0.235. The van der Waals surface area contributed by atoms with Gasteiger partial charge in [-0.2, -0.15) is 0 Å². The topological polar surface area (TPSA) is 38.3 Å². The van der Waals surface area contributed by atoms with E-state index in [4.69, 9.17) is 4.74 Å². The second-order valence-corrected chi connectivity index (χ2v) is 5.09. The summed E-state index contributed by atoms with van der Waals surface area (Å²) < 4.78 is 32.5. The zero-order chi connectivity index (χ0) is 16.1. The Balaban J connectivity index is 1.99. The van der Waals surface area contributed by atoms with Gasteiger partial charge in [-0.25, -0.2) is 8.78 Å². The van der Waals surface area contributed by atoms with Gasteiger partial charge in [0.25, 0.3) is 5.91 Å². The van der Waals surface area contributed by atoms with Gasteiger partial charge in [0.15, 0.2) is 0 Å². The van der Waals surface area contributed by atoms with Crippen molar-refractivity contribution in [1.29, 1.82) is 0 Å². The minimum Gasteiger partial charge on any atom is -0.491 e. The molecule has 2 aromatic carbocycles. The molecule has 0 bridgehead atoms. The number of ether oxygens (including phenoxy) is 1. The molecular formula is C17H17F2NO2. The molecule has 0 aromatic heterocycles. The summed E-state index contributed by atoms with van der Waals surface area (Å²) in [5, 5.41) is 2.50. The maximum absolute atomic E-state index is 13.5. The van der Waals surface area contributed by atoms with E-state index >= 15 is 0 Å². The molecule has 116 valence electrons. The smallest absolute Gasteiger partial charge is 0.257 e. The molecule has 1 N–H and O–H groups in total. The van der Waals surface area contributed by atoms with E-state index in [1.165, 1.54) is 6.07 Å². The van der Waals surface area contributed by atoms with E-state index in [0.29, 0.717) is 0 Å². The van der Waals surface area contributed by atoms with Gasteiger partial charge >= 0.3 is 0 Å². The Kier molecular flexibility index (Phi) is 5.09. The first-order valence-electron chi connectivity index (χ1n) is 6.95. The highest BCUT2D eigenvalue weighted by Gasteiger charge is 2.16. The van der Waals surface area contributed by atoms with Crippen LogP contribution in [0.4, 0.5) is 8.78 Å². The van der Waals surface area contributed by atoms with Crippen LogP contribution in [0.25, 0.3) is 0 Å². The Morgan fingerprint density at radius 2 is 1.68 bits per heavy atom. The molecule has 0 fully saturated rings. The quantitative estimate of drug-likeness (QED) is 0.915. The Bertz CT molecular complexity index is 634. The zero-order valence-electron chi connectivity index (χ0n) is 12.4. The van der Waals surface area contributed by atoms with Crippen molar-refractivity contribution >= 4 is 5.91 Å². The maximum Gasteiger partial charge on any atom is 0.257 e. The molecule has 0 aliphatic heterocycles. The fourth-order valence-corrected chi connectivity index (χ4v) is 1.94. The average Bonchev–Trinajstić information content (AvgIpc) is 2.46. The SMILES string of the molecule is CC(C)Oc1ccc(CNC(=O)c2c(F)cccc2F)cc1. The van der Waals surface area contributed by atoms with Crippen LogP contribution in [0.1, 0.15) is 29.8 Å². The van der Waals surface area contributed by atoms with Crippen molar-refractivity contribution in [3.8, 4) is 5.75 Å². The van der Waals surface area contributed by atoms with E-state index in [1.807, 2.05) is 13.8 Å². The van der Waals surface area contributed by atoms with Gasteiger partial charge in [0, 0.05) is 6.54 Å². The largest absolute Gasteiger partial charge is 0.491 e. The minimum atomic E-state index is -0.877. The molecule has 22 heavy (non-hydrogen) atoms. The van der Waals surface area contributed by atoms with E-state index in [9.17, 15) is 13.6 Å². The highest BCUT2D eigenvalue weighted by Crippen LogP contribution is 2.15. The number of nitrogens with one attached hydrogen (secondary N) is 1. The lowest BCUT2D eigenvalue weighted by Gasteiger charge is -2.11. The summed E-state index contributed by atoms with van der Waals surface area (Å²) >= 11 is 0. The normalized spacial score (nSPS) is 10.6. The fourth-order valence-electron chi connectivity index (χ4n) is 1.94. The van der Waals surface area contributed by atoms with Crippen LogP contribution < -0.4 is 10.1 Å². The standard InChI is InChI=1S/C17H17F2NO2/c1-11(2)22-13-8-6-12(7-9-13)10-20-17(21)16-14(18)4-3-5-15(16)19/h3-9,11H,10H2,1-2H3,(H,20,21). The molecule has 3 nitrogen and oxygen atoms in total. The third kappa shape index (κ3) is 4.04. The van der Waals surface area contributed by atoms with Gasteiger partial charge in [-0.3, -0.25) is 4.79 Å². The number of benzene rings is 2. The van der Waals surface area contributed by atoms with Crippen LogP contribution in [0.3, 0.4) is 0 Å². The van der Waals surface area contributed by atoms with Crippen LogP contribution in [0.2, 0.25) is 0 Å². The first kappa shape index (κ1) is 15.9. The van der Waals surface area contributed by atoms with Gasteiger partial charge < -0.3 is 10.1 Å². The van der Waals surface area contributed by atoms with Crippen LogP contribution in [0.15, 0.2) is 42.5 Å². The predicted octanol–water partition coefficient (Wildman–Crippen LogP) is 3.68. The molecular weight excluding hydrogens is 288 g/mol. The molecule has 2 rings (SSSR count). The van der Waals surface area contributed by atoms with Crippen LogP contribution in [-0.2, 0) is 6.54 Å². The van der Waals surface area contributed by atoms with Gasteiger partial charge in [0.2, 0.25) is 0 Å². The number of rotatable bonds is 5. The van der Waals surface area contributed by atoms with Crippen molar-refractivity contribution in [3.05, 3.63) is 65.2 Å². The van der Waals surface area contributed by atoms with E-state index in [1.54, 1.807) is 24.3 Å². The lowest BCUT2D eigenvalue weighted by molar-refractivity contribution is 0.0942. The van der Waals surface area contributed by atoms with Crippen LogP contribution >= 0.6 is 0 Å². The van der Waals surface area contributed by atoms with Crippen LogP contribution in [0, 0.1) is 11.6 Å². The van der Waals surface area contributed by atoms with Gasteiger partial charge in [-0.05, 0) is 43.7 Å². The first-order chi connectivity index (χ1) is 10.5. The number of carbonyl (C=O) groups excluding carboxylic acids is 1. The predicted molar refractivity (Wildman–Crippen MR) is 79.7 cm³/mol. The van der Waals surface area contributed by atoms with E-state index in [-0.39, 0.29) is 12.6 Å². The zero-order valence-corrected chi connectivity index (χ0v) is 12.4. The third-order valence-corrected chi connectivity index (χ3v) is 2.94. The highest BCUT2D eigenvalue weighted by atomic mass is 19.1. The van der Waals surface area contributed by atoms with Crippen molar-refractivity contribution in [2.45, 2.75) is 26.5 Å². The lowest BCUT2D eigenvalue weighted by atomic mass is 10.1. The molecule has 0 aliphatic carbocycles. The number of halogens is 2. The lowest BCUT2D eigenvalue weighted by Crippen LogP contribution is -2.25. The summed E-state index contributed by atoms with van der Waals surface area (Å²) in [7, 11) is 0. The van der Waals surface area contributed by atoms with Gasteiger partial charge in [-0.15, -0.1) is 0 Å². The number of carbonyl (C=O) groups is 1. The molecule has 2 aromatic rings. The first-order valence-corrected chi connectivity index (χ1v) is 6.95. The molecule has 0 radical (unpaired) electrons. The van der Waals surface area contributed by atoms with Crippen molar-refractivity contribution in [2.75, 3.05) is 0 Å². The maximum atomic E-state index is 13.5. The van der Waals surface area contributed by atoms with E-state index in [2.05, 4.69) is 5.32 Å². The molecule has 0 aliphatic rings. The number of hydrogen-bond donors (Lipinski definition) is 1. The summed E-state index contributed by atoms with van der Waals surface area (Å²) in [5.74, 6) is -1.81. The Hall–Kier alpha value is -2.43. The monoisotopic (exact) mass is 305 g/mol. The Morgan fingerprint density at radius 1 is 1.09 bits per heavy atom. The summed E-state index contributed by atoms with van der Waals surface area (Å²) in [6.07, 6.45) is 0.0783. The molecule has 0 saturated carbocycles. The van der Waals surface area contributed by atoms with Gasteiger partial charge in [-0.1, -0.05) is 18.2 Å². The third-order valence-electron chi connectivity index (χ3n) is 2.94. The average molecular weight is 305 g/mol. The number of hydrogen-bond acceptors (Lipinski definition) is 2. The highest BCUT2D eigenvalue weighted by molar-refractivity contribution is 5.94. The molecule has 0 heterocycles. The summed E-state index contributed by atoms with van der Waals surface area (Å²) in [5.41, 5.74) is 0.239. The molecule has 0 atom stereocenters. The molecule has 0 spiro atoms. The Labute approximate surface area is 127 Å². The summed E-state index contributed by atoms with van der Waals surface area (Å²) in [4.78, 5) is 11.9. The van der Waals surface area contributed by atoms with Crippen LogP contribution in [-0.4, -0.2) is 12.0 Å². The van der Waals surface area contributed by atoms with Gasteiger partial charge in [0.05, 0.1) is 6.10 Å². The second-order valence-electron chi connectivity index (χ2n) is 5.09. The molecule has 1 amide bonds.